The van der Waals surface area contributed by atoms with Crippen LogP contribution in [0.1, 0.15) is 6.92 Å². The highest BCUT2D eigenvalue weighted by Gasteiger charge is 2.42. The lowest BCUT2D eigenvalue weighted by Gasteiger charge is -2.34. The molecular weight excluding hydrogens is 215 g/mol. The lowest BCUT2D eigenvalue weighted by molar-refractivity contribution is 0.484. The van der Waals surface area contributed by atoms with Crippen molar-refractivity contribution in [2.24, 2.45) is 5.92 Å². The molecule has 0 amide bonds. The van der Waals surface area contributed by atoms with Crippen molar-refractivity contribution < 1.29 is 0 Å². The van der Waals surface area contributed by atoms with E-state index in [1.54, 1.807) is 0 Å². The molecule has 2 aliphatic rings. The van der Waals surface area contributed by atoms with Gasteiger partial charge in [0.05, 0.1) is 9.75 Å². The predicted octanol–water partition coefficient (Wildman–Crippen LogP) is 3.83. The van der Waals surface area contributed by atoms with Gasteiger partial charge in [-0.2, -0.15) is 0 Å². The summed E-state index contributed by atoms with van der Waals surface area (Å²) in [6, 6.07) is 0. The molecule has 2 heteroatoms. The minimum atomic E-state index is -0.444. The second kappa shape index (κ2) is 3.29. The molecule has 0 aliphatic heterocycles. The van der Waals surface area contributed by atoms with Gasteiger partial charge in [-0.25, -0.2) is 0 Å². The van der Waals surface area contributed by atoms with E-state index in [-0.39, 0.29) is 5.92 Å². The SMILES string of the molecule is CC(C1(Cl)C=CC=C1)C1(Cl)C=CC=C1. The van der Waals surface area contributed by atoms with Gasteiger partial charge in [-0.1, -0.05) is 55.5 Å². The smallest absolute Gasteiger partial charge is 0.0860 e. The van der Waals surface area contributed by atoms with Crippen LogP contribution in [0.15, 0.2) is 48.6 Å². The Morgan fingerprint density at radius 1 is 0.786 bits per heavy atom. The van der Waals surface area contributed by atoms with Crippen molar-refractivity contribution in [3.8, 4) is 0 Å². The van der Waals surface area contributed by atoms with Gasteiger partial charge in [0.15, 0.2) is 0 Å². The molecule has 2 rings (SSSR count). The van der Waals surface area contributed by atoms with Crippen LogP contribution in [-0.4, -0.2) is 9.75 Å². The zero-order valence-corrected chi connectivity index (χ0v) is 9.46. The Bertz CT molecular complexity index is 289. The Hall–Kier alpha value is -0.460. The highest BCUT2D eigenvalue weighted by Crippen LogP contribution is 2.44. The molecule has 0 bridgehead atoms. The van der Waals surface area contributed by atoms with Gasteiger partial charge in [-0.3, -0.25) is 0 Å². The summed E-state index contributed by atoms with van der Waals surface area (Å²) in [5.41, 5.74) is 0. The van der Waals surface area contributed by atoms with Crippen molar-refractivity contribution in [2.45, 2.75) is 16.7 Å². The second-order valence-electron chi connectivity index (χ2n) is 3.81. The molecule has 14 heavy (non-hydrogen) atoms. The van der Waals surface area contributed by atoms with Gasteiger partial charge in [0.2, 0.25) is 0 Å². The average Bonchev–Trinajstić information content (AvgIpc) is 2.75. The fraction of sp³-hybridized carbons (Fsp3) is 0.333. The first kappa shape index (κ1) is 10.1. The fourth-order valence-corrected chi connectivity index (χ4v) is 2.55. The van der Waals surface area contributed by atoms with E-state index in [0.717, 1.165) is 0 Å². The summed E-state index contributed by atoms with van der Waals surface area (Å²) in [5.74, 6) is 0.128. The molecule has 0 N–H and O–H groups in total. The first-order valence-electron chi connectivity index (χ1n) is 4.69. The molecule has 0 radical (unpaired) electrons. The topological polar surface area (TPSA) is 0 Å². The Morgan fingerprint density at radius 2 is 1.07 bits per heavy atom. The maximum atomic E-state index is 6.46. The summed E-state index contributed by atoms with van der Waals surface area (Å²) in [6.07, 6.45) is 15.8. The highest BCUT2D eigenvalue weighted by atomic mass is 35.5. The van der Waals surface area contributed by atoms with Crippen LogP contribution in [0, 0.1) is 5.92 Å². The van der Waals surface area contributed by atoms with Gasteiger partial charge in [0.25, 0.3) is 0 Å². The number of rotatable bonds is 2. The van der Waals surface area contributed by atoms with Crippen molar-refractivity contribution >= 4 is 23.2 Å². The first-order valence-corrected chi connectivity index (χ1v) is 5.44. The zero-order chi connectivity index (χ0) is 10.2. The summed E-state index contributed by atoms with van der Waals surface area (Å²) >= 11 is 12.9. The van der Waals surface area contributed by atoms with Crippen LogP contribution in [-0.2, 0) is 0 Å². The van der Waals surface area contributed by atoms with Crippen LogP contribution in [0.3, 0.4) is 0 Å². The molecule has 0 unspecified atom stereocenters. The van der Waals surface area contributed by atoms with Crippen molar-refractivity contribution in [2.75, 3.05) is 0 Å². The number of hydrogen-bond acceptors (Lipinski definition) is 0. The van der Waals surface area contributed by atoms with E-state index in [2.05, 4.69) is 6.92 Å². The van der Waals surface area contributed by atoms with Crippen molar-refractivity contribution in [3.63, 3.8) is 0 Å². The highest BCUT2D eigenvalue weighted by molar-refractivity contribution is 6.31. The Balaban J connectivity index is 2.28. The third kappa shape index (κ3) is 1.47. The molecular formula is C12H12Cl2. The zero-order valence-electron chi connectivity index (χ0n) is 7.95. The van der Waals surface area contributed by atoms with E-state index in [0.29, 0.717) is 0 Å². The van der Waals surface area contributed by atoms with Crippen LogP contribution in [0.5, 0.6) is 0 Å². The standard InChI is InChI=1S/C12H12Cl2/c1-10(11(13)6-2-3-7-11)12(14)8-4-5-9-12/h2-10H,1H3. The van der Waals surface area contributed by atoms with E-state index in [1.807, 2.05) is 48.6 Å². The van der Waals surface area contributed by atoms with E-state index >= 15 is 0 Å². The fourth-order valence-electron chi connectivity index (χ4n) is 1.84. The third-order valence-corrected chi connectivity index (χ3v) is 4.11. The minimum absolute atomic E-state index is 0.128. The molecule has 0 aromatic rings. The molecule has 74 valence electrons. The van der Waals surface area contributed by atoms with Crippen molar-refractivity contribution in [1.82, 2.24) is 0 Å². The van der Waals surface area contributed by atoms with E-state index in [9.17, 15) is 0 Å². The van der Waals surface area contributed by atoms with Gasteiger partial charge in [-0.15, -0.1) is 23.2 Å². The van der Waals surface area contributed by atoms with E-state index in [4.69, 9.17) is 23.2 Å². The maximum absolute atomic E-state index is 6.46. The Kier molecular flexibility index (Phi) is 2.36. The number of hydrogen-bond donors (Lipinski definition) is 0. The molecule has 0 fully saturated rings. The Labute approximate surface area is 94.6 Å². The van der Waals surface area contributed by atoms with Gasteiger partial charge < -0.3 is 0 Å². The molecule has 2 aliphatic carbocycles. The lowest BCUT2D eigenvalue weighted by Crippen LogP contribution is -2.38. The summed E-state index contributed by atoms with van der Waals surface area (Å²) in [4.78, 5) is -0.887. The molecule has 0 aromatic heterocycles. The molecule has 0 heterocycles. The first-order chi connectivity index (χ1) is 6.57. The van der Waals surface area contributed by atoms with Crippen LogP contribution in [0.2, 0.25) is 0 Å². The predicted molar refractivity (Wildman–Crippen MR) is 62.9 cm³/mol. The lowest BCUT2D eigenvalue weighted by atomic mass is 9.83. The van der Waals surface area contributed by atoms with Crippen molar-refractivity contribution in [3.05, 3.63) is 48.6 Å². The van der Waals surface area contributed by atoms with E-state index in [1.165, 1.54) is 0 Å². The van der Waals surface area contributed by atoms with E-state index < -0.39 is 9.75 Å². The average molecular weight is 227 g/mol. The number of alkyl halides is 2. The Morgan fingerprint density at radius 3 is 1.36 bits per heavy atom. The maximum Gasteiger partial charge on any atom is 0.0860 e. The van der Waals surface area contributed by atoms with Crippen LogP contribution in [0.4, 0.5) is 0 Å². The summed E-state index contributed by atoms with van der Waals surface area (Å²) < 4.78 is 0. The molecule has 0 atom stereocenters. The van der Waals surface area contributed by atoms with Crippen molar-refractivity contribution in [1.29, 1.82) is 0 Å². The normalized spacial score (nSPS) is 25.4. The molecule has 0 nitrogen and oxygen atoms in total. The number of halogens is 2. The van der Waals surface area contributed by atoms with Crippen LogP contribution >= 0.6 is 23.2 Å². The summed E-state index contributed by atoms with van der Waals surface area (Å²) in [7, 11) is 0. The quantitative estimate of drug-likeness (QED) is 0.629. The van der Waals surface area contributed by atoms with Crippen LogP contribution < -0.4 is 0 Å². The monoisotopic (exact) mass is 226 g/mol. The summed E-state index contributed by atoms with van der Waals surface area (Å²) in [6.45, 7) is 2.07. The van der Waals surface area contributed by atoms with Gasteiger partial charge in [0, 0.05) is 5.92 Å². The van der Waals surface area contributed by atoms with Gasteiger partial charge in [-0.05, 0) is 0 Å². The molecule has 0 spiro atoms. The molecule has 0 saturated heterocycles. The van der Waals surface area contributed by atoms with Gasteiger partial charge in [0.1, 0.15) is 0 Å². The third-order valence-electron chi connectivity index (χ3n) is 2.96. The molecule has 0 aromatic carbocycles. The van der Waals surface area contributed by atoms with Crippen LogP contribution in [0.25, 0.3) is 0 Å². The number of allylic oxidation sites excluding steroid dienone is 8. The minimum Gasteiger partial charge on any atom is -0.110 e. The second-order valence-corrected chi connectivity index (χ2v) is 5.12. The summed E-state index contributed by atoms with van der Waals surface area (Å²) in [5, 5.41) is 0. The molecule has 0 saturated carbocycles. The van der Waals surface area contributed by atoms with Gasteiger partial charge >= 0.3 is 0 Å². The largest absolute Gasteiger partial charge is 0.110 e.